The smallest absolute Gasteiger partial charge is 0.331 e. The van der Waals surface area contributed by atoms with Crippen molar-refractivity contribution in [3.05, 3.63) is 71.7 Å². The largest absolute Gasteiger partial charge is 0.452 e. The third-order valence-corrected chi connectivity index (χ3v) is 4.03. The van der Waals surface area contributed by atoms with Gasteiger partial charge in [0, 0.05) is 25.0 Å². The van der Waals surface area contributed by atoms with Gasteiger partial charge in [-0.3, -0.25) is 9.20 Å². The van der Waals surface area contributed by atoms with Crippen LogP contribution in [0, 0.1) is 0 Å². The average molecular weight is 370 g/mol. The van der Waals surface area contributed by atoms with Gasteiger partial charge < -0.3 is 9.64 Å². The molecule has 7 heteroatoms. The summed E-state index contributed by atoms with van der Waals surface area (Å²) in [4.78, 5) is 29.6. The normalized spacial score (nSPS) is 11.0. The van der Waals surface area contributed by atoms with E-state index in [4.69, 9.17) is 16.3 Å². The highest BCUT2D eigenvalue weighted by Gasteiger charge is 2.13. The van der Waals surface area contributed by atoms with Crippen molar-refractivity contribution >= 4 is 40.9 Å². The second-order valence-corrected chi connectivity index (χ2v) is 5.80. The number of anilines is 1. The molecule has 1 aromatic carbocycles. The van der Waals surface area contributed by atoms with Crippen LogP contribution in [-0.4, -0.2) is 34.9 Å². The SMILES string of the molecule is CN(C(=O)COC(=O)/C=C/c1c(Cl)nc2ccccn12)c1ccccc1. The lowest BCUT2D eigenvalue weighted by Gasteiger charge is -2.16. The number of halogens is 1. The number of esters is 1. The fourth-order valence-corrected chi connectivity index (χ4v) is 2.60. The number of ether oxygens (including phenoxy) is 1. The Morgan fingerprint density at radius 2 is 1.92 bits per heavy atom. The average Bonchev–Trinajstić information content (AvgIpc) is 2.99. The van der Waals surface area contributed by atoms with E-state index >= 15 is 0 Å². The summed E-state index contributed by atoms with van der Waals surface area (Å²) in [5, 5.41) is 0.278. The van der Waals surface area contributed by atoms with E-state index in [-0.39, 0.29) is 17.7 Å². The van der Waals surface area contributed by atoms with Crippen LogP contribution in [0.25, 0.3) is 11.7 Å². The number of carbonyl (C=O) groups excluding carboxylic acids is 2. The summed E-state index contributed by atoms with van der Waals surface area (Å²) in [6, 6.07) is 14.6. The highest BCUT2D eigenvalue weighted by Crippen LogP contribution is 2.19. The van der Waals surface area contributed by atoms with E-state index in [0.29, 0.717) is 11.3 Å². The number of aromatic nitrogens is 2. The molecule has 0 aliphatic heterocycles. The first kappa shape index (κ1) is 17.7. The molecule has 132 valence electrons. The molecule has 0 N–H and O–H groups in total. The Hall–Kier alpha value is -3.12. The first-order valence-electron chi connectivity index (χ1n) is 7.85. The van der Waals surface area contributed by atoms with E-state index in [9.17, 15) is 9.59 Å². The third kappa shape index (κ3) is 3.92. The molecule has 2 heterocycles. The van der Waals surface area contributed by atoms with Crippen LogP contribution in [0.2, 0.25) is 5.15 Å². The summed E-state index contributed by atoms with van der Waals surface area (Å²) in [5.74, 6) is -0.965. The van der Waals surface area contributed by atoms with Gasteiger partial charge in [-0.2, -0.15) is 0 Å². The minimum atomic E-state index is -0.637. The maximum atomic E-state index is 12.1. The van der Waals surface area contributed by atoms with Gasteiger partial charge in [0.1, 0.15) is 5.65 Å². The highest BCUT2D eigenvalue weighted by atomic mass is 35.5. The number of pyridine rings is 1. The molecule has 0 bridgehead atoms. The second kappa shape index (κ2) is 7.84. The maximum Gasteiger partial charge on any atom is 0.331 e. The van der Waals surface area contributed by atoms with E-state index in [0.717, 1.165) is 5.69 Å². The molecule has 0 saturated carbocycles. The van der Waals surface area contributed by atoms with Crippen LogP contribution >= 0.6 is 11.6 Å². The molecule has 0 saturated heterocycles. The van der Waals surface area contributed by atoms with E-state index < -0.39 is 5.97 Å². The number of likely N-dealkylation sites (N-methyl/N-ethyl adjacent to an activating group) is 1. The molecule has 0 fully saturated rings. The Labute approximate surface area is 155 Å². The Bertz CT molecular complexity index is 967. The number of hydrogen-bond donors (Lipinski definition) is 0. The molecule has 3 aromatic rings. The number of rotatable bonds is 5. The van der Waals surface area contributed by atoms with Crippen LogP contribution in [0.4, 0.5) is 5.69 Å². The van der Waals surface area contributed by atoms with Gasteiger partial charge in [0.15, 0.2) is 11.8 Å². The van der Waals surface area contributed by atoms with Crippen molar-refractivity contribution in [2.45, 2.75) is 0 Å². The van der Waals surface area contributed by atoms with Crippen LogP contribution in [0.1, 0.15) is 5.69 Å². The fourth-order valence-electron chi connectivity index (χ4n) is 2.36. The van der Waals surface area contributed by atoms with E-state index in [2.05, 4.69) is 4.98 Å². The zero-order chi connectivity index (χ0) is 18.5. The van der Waals surface area contributed by atoms with Gasteiger partial charge in [0.25, 0.3) is 5.91 Å². The number of amides is 1. The number of nitrogens with zero attached hydrogens (tertiary/aromatic N) is 3. The lowest BCUT2D eigenvalue weighted by atomic mass is 10.3. The number of carbonyl (C=O) groups is 2. The monoisotopic (exact) mass is 369 g/mol. The van der Waals surface area contributed by atoms with Crippen molar-refractivity contribution in [2.24, 2.45) is 0 Å². The van der Waals surface area contributed by atoms with E-state index in [1.54, 1.807) is 35.8 Å². The predicted octanol–water partition coefficient (Wildman–Crippen LogP) is 3.21. The quantitative estimate of drug-likeness (QED) is 0.511. The molecular weight excluding hydrogens is 354 g/mol. The first-order chi connectivity index (χ1) is 12.6. The zero-order valence-electron chi connectivity index (χ0n) is 14.0. The molecule has 0 aliphatic rings. The first-order valence-corrected chi connectivity index (χ1v) is 8.23. The molecule has 0 radical (unpaired) electrons. The summed E-state index contributed by atoms with van der Waals surface area (Å²) >= 11 is 6.09. The van der Waals surface area contributed by atoms with Crippen molar-refractivity contribution in [3.8, 4) is 0 Å². The van der Waals surface area contributed by atoms with Crippen molar-refractivity contribution in [1.82, 2.24) is 9.38 Å². The lowest BCUT2D eigenvalue weighted by molar-refractivity contribution is -0.142. The number of benzene rings is 1. The molecule has 3 rings (SSSR count). The molecule has 0 spiro atoms. The Kier molecular flexibility index (Phi) is 5.34. The Morgan fingerprint density at radius 3 is 2.69 bits per heavy atom. The molecular formula is C19H16ClN3O3. The van der Waals surface area contributed by atoms with Crippen molar-refractivity contribution in [2.75, 3.05) is 18.6 Å². The van der Waals surface area contributed by atoms with Crippen LogP contribution in [0.3, 0.4) is 0 Å². The molecule has 0 unspecified atom stereocenters. The van der Waals surface area contributed by atoms with Gasteiger partial charge in [-0.05, 0) is 30.3 Å². The summed E-state index contributed by atoms with van der Waals surface area (Å²) in [6.07, 6.45) is 4.52. The van der Waals surface area contributed by atoms with Gasteiger partial charge in [-0.15, -0.1) is 0 Å². The highest BCUT2D eigenvalue weighted by molar-refractivity contribution is 6.31. The van der Waals surface area contributed by atoms with Crippen molar-refractivity contribution < 1.29 is 14.3 Å². The van der Waals surface area contributed by atoms with Crippen LogP contribution in [-0.2, 0) is 14.3 Å². The van der Waals surface area contributed by atoms with E-state index in [1.807, 2.05) is 30.3 Å². The maximum absolute atomic E-state index is 12.1. The second-order valence-electron chi connectivity index (χ2n) is 5.45. The minimum absolute atomic E-state index is 0.278. The minimum Gasteiger partial charge on any atom is -0.452 e. The molecule has 0 aliphatic carbocycles. The fraction of sp³-hybridized carbons (Fsp3) is 0.105. The molecule has 6 nitrogen and oxygen atoms in total. The van der Waals surface area contributed by atoms with Crippen molar-refractivity contribution in [1.29, 1.82) is 0 Å². The lowest BCUT2D eigenvalue weighted by Crippen LogP contribution is -2.30. The van der Waals surface area contributed by atoms with E-state index in [1.165, 1.54) is 17.1 Å². The van der Waals surface area contributed by atoms with Gasteiger partial charge in [0.05, 0.1) is 5.69 Å². The number of hydrogen-bond acceptors (Lipinski definition) is 4. The number of fused-ring (bicyclic) bond motifs is 1. The van der Waals surface area contributed by atoms with Crippen molar-refractivity contribution in [3.63, 3.8) is 0 Å². The van der Waals surface area contributed by atoms with Crippen LogP contribution in [0.15, 0.2) is 60.8 Å². The number of para-hydroxylation sites is 1. The zero-order valence-corrected chi connectivity index (χ0v) is 14.8. The molecule has 1 amide bonds. The summed E-state index contributed by atoms with van der Waals surface area (Å²) in [6.45, 7) is -0.352. The van der Waals surface area contributed by atoms with Gasteiger partial charge in [0.2, 0.25) is 0 Å². The number of imidazole rings is 1. The van der Waals surface area contributed by atoms with Gasteiger partial charge in [-0.25, -0.2) is 9.78 Å². The predicted molar refractivity (Wildman–Crippen MR) is 100 cm³/mol. The van der Waals surface area contributed by atoms with Gasteiger partial charge in [-0.1, -0.05) is 35.9 Å². The molecule has 2 aromatic heterocycles. The van der Waals surface area contributed by atoms with Crippen LogP contribution < -0.4 is 4.90 Å². The standard InChI is InChI=1S/C19H16ClN3O3/c1-22(14-7-3-2-4-8-14)17(24)13-26-18(25)11-10-15-19(20)21-16-9-5-6-12-23(15)16/h2-12H,13H2,1H3/b11-10+. The molecule has 26 heavy (non-hydrogen) atoms. The van der Waals surface area contributed by atoms with Crippen LogP contribution in [0.5, 0.6) is 0 Å². The summed E-state index contributed by atoms with van der Waals surface area (Å²) < 4.78 is 6.76. The third-order valence-electron chi connectivity index (χ3n) is 3.75. The Morgan fingerprint density at radius 1 is 1.19 bits per heavy atom. The molecule has 0 atom stereocenters. The summed E-state index contributed by atoms with van der Waals surface area (Å²) in [7, 11) is 1.62. The van der Waals surface area contributed by atoms with Gasteiger partial charge >= 0.3 is 5.97 Å². The topological polar surface area (TPSA) is 63.9 Å². The summed E-state index contributed by atoms with van der Waals surface area (Å²) in [5.41, 5.74) is 1.96. The Balaban J connectivity index is 1.61.